The van der Waals surface area contributed by atoms with Crippen molar-refractivity contribution in [3.05, 3.63) is 76.7 Å². The van der Waals surface area contributed by atoms with Gasteiger partial charge in [-0.3, -0.25) is 9.59 Å². The van der Waals surface area contributed by atoms with Crippen molar-refractivity contribution in [1.29, 1.82) is 0 Å². The lowest BCUT2D eigenvalue weighted by Crippen LogP contribution is -2.22. The number of thiophene rings is 1. The fourth-order valence-corrected chi connectivity index (χ4v) is 3.61. The van der Waals surface area contributed by atoms with Gasteiger partial charge in [0.25, 0.3) is 5.91 Å². The predicted octanol–water partition coefficient (Wildman–Crippen LogP) is 3.99. The highest BCUT2D eigenvalue weighted by atomic mass is 32.1. The van der Waals surface area contributed by atoms with E-state index in [0.717, 1.165) is 26.6 Å². The molecular weight excluding hydrogens is 372 g/mol. The summed E-state index contributed by atoms with van der Waals surface area (Å²) in [4.78, 5) is 25.5. The highest BCUT2D eigenvalue weighted by Gasteiger charge is 2.08. The molecular formula is C22H22N2O3S. The number of nitrogens with one attached hydrogen (secondary N) is 2. The predicted molar refractivity (Wildman–Crippen MR) is 111 cm³/mol. The maximum absolute atomic E-state index is 12.4. The third-order valence-corrected chi connectivity index (χ3v) is 5.35. The van der Waals surface area contributed by atoms with Crippen molar-refractivity contribution in [3.8, 4) is 16.2 Å². The molecule has 0 saturated heterocycles. The minimum atomic E-state index is -0.120. The number of rotatable bonds is 7. The standard InChI is InChI=1S/C22H22N2O3S/c1-15(25)23-13-16-3-5-18(6-4-16)22(26)24-14-20-11-12-21(28-20)17-7-9-19(27-2)10-8-17/h3-12H,13-14H2,1-2H3,(H,23,25)(H,24,26). The van der Waals surface area contributed by atoms with Crippen LogP contribution in [0.15, 0.2) is 60.7 Å². The maximum atomic E-state index is 12.4. The summed E-state index contributed by atoms with van der Waals surface area (Å²) in [6.45, 7) is 2.42. The molecule has 2 N–H and O–H groups in total. The van der Waals surface area contributed by atoms with Crippen LogP contribution >= 0.6 is 11.3 Å². The SMILES string of the molecule is COc1ccc(-c2ccc(CNC(=O)c3ccc(CNC(C)=O)cc3)s2)cc1. The molecule has 0 radical (unpaired) electrons. The summed E-state index contributed by atoms with van der Waals surface area (Å²) in [5.41, 5.74) is 2.67. The number of benzene rings is 2. The van der Waals surface area contributed by atoms with Crippen LogP contribution in [0.2, 0.25) is 0 Å². The van der Waals surface area contributed by atoms with E-state index in [9.17, 15) is 9.59 Å². The van der Waals surface area contributed by atoms with Crippen LogP contribution in [0.3, 0.4) is 0 Å². The minimum absolute atomic E-state index is 0.0771. The summed E-state index contributed by atoms with van der Waals surface area (Å²) >= 11 is 1.65. The average molecular weight is 394 g/mol. The molecule has 0 unspecified atom stereocenters. The van der Waals surface area contributed by atoms with E-state index >= 15 is 0 Å². The Hall–Kier alpha value is -3.12. The molecule has 2 aromatic carbocycles. The maximum Gasteiger partial charge on any atom is 0.251 e. The molecule has 5 nitrogen and oxygen atoms in total. The molecule has 0 atom stereocenters. The van der Waals surface area contributed by atoms with Crippen molar-refractivity contribution in [2.24, 2.45) is 0 Å². The zero-order chi connectivity index (χ0) is 19.9. The van der Waals surface area contributed by atoms with E-state index < -0.39 is 0 Å². The average Bonchev–Trinajstić information content (AvgIpc) is 3.20. The molecule has 0 saturated carbocycles. The second-order valence-electron chi connectivity index (χ2n) is 6.28. The van der Waals surface area contributed by atoms with Crippen LogP contribution < -0.4 is 15.4 Å². The van der Waals surface area contributed by atoms with E-state index in [-0.39, 0.29) is 11.8 Å². The van der Waals surface area contributed by atoms with Gasteiger partial charge >= 0.3 is 0 Å². The summed E-state index contributed by atoms with van der Waals surface area (Å²) in [5.74, 6) is 0.633. The molecule has 2 amide bonds. The highest BCUT2D eigenvalue weighted by molar-refractivity contribution is 7.15. The van der Waals surface area contributed by atoms with Gasteiger partial charge in [-0.15, -0.1) is 11.3 Å². The molecule has 0 aliphatic heterocycles. The summed E-state index contributed by atoms with van der Waals surface area (Å²) < 4.78 is 5.19. The number of amides is 2. The van der Waals surface area contributed by atoms with E-state index in [1.54, 1.807) is 30.6 Å². The van der Waals surface area contributed by atoms with Gasteiger partial charge in [-0.25, -0.2) is 0 Å². The summed E-state index contributed by atoms with van der Waals surface area (Å²) in [6, 6.07) is 19.2. The number of ether oxygens (including phenoxy) is 1. The summed E-state index contributed by atoms with van der Waals surface area (Å²) in [5, 5.41) is 5.68. The van der Waals surface area contributed by atoms with E-state index in [1.165, 1.54) is 6.92 Å². The van der Waals surface area contributed by atoms with E-state index in [4.69, 9.17) is 4.74 Å². The second-order valence-corrected chi connectivity index (χ2v) is 7.45. The first-order valence-electron chi connectivity index (χ1n) is 8.90. The van der Waals surface area contributed by atoms with Crippen LogP contribution in [-0.2, 0) is 17.9 Å². The van der Waals surface area contributed by atoms with Crippen LogP contribution in [0.5, 0.6) is 5.75 Å². The lowest BCUT2D eigenvalue weighted by Gasteiger charge is -2.06. The molecule has 0 fully saturated rings. The van der Waals surface area contributed by atoms with Gasteiger partial charge in [-0.05, 0) is 59.7 Å². The molecule has 0 aliphatic rings. The molecule has 1 aromatic heterocycles. The number of carbonyl (C=O) groups excluding carboxylic acids is 2. The van der Waals surface area contributed by atoms with Crippen molar-refractivity contribution in [1.82, 2.24) is 10.6 Å². The van der Waals surface area contributed by atoms with Gasteiger partial charge in [-0.2, -0.15) is 0 Å². The molecule has 3 aromatic rings. The quantitative estimate of drug-likeness (QED) is 0.637. The Morgan fingerprint density at radius 2 is 1.61 bits per heavy atom. The topological polar surface area (TPSA) is 67.4 Å². The fraction of sp³-hybridized carbons (Fsp3) is 0.182. The third kappa shape index (κ3) is 5.20. The van der Waals surface area contributed by atoms with Gasteiger partial charge in [0.05, 0.1) is 13.7 Å². The van der Waals surface area contributed by atoms with Crippen molar-refractivity contribution >= 4 is 23.2 Å². The van der Waals surface area contributed by atoms with Gasteiger partial charge < -0.3 is 15.4 Å². The lowest BCUT2D eigenvalue weighted by atomic mass is 10.1. The van der Waals surface area contributed by atoms with Crippen LogP contribution in [0.4, 0.5) is 0 Å². The molecule has 6 heteroatoms. The molecule has 0 spiro atoms. The molecule has 1 heterocycles. The molecule has 3 rings (SSSR count). The first-order valence-corrected chi connectivity index (χ1v) is 9.71. The number of methoxy groups -OCH3 is 1. The van der Waals surface area contributed by atoms with Crippen molar-refractivity contribution in [2.45, 2.75) is 20.0 Å². The smallest absolute Gasteiger partial charge is 0.251 e. The number of hydrogen-bond donors (Lipinski definition) is 2. The normalized spacial score (nSPS) is 10.4. The molecule has 28 heavy (non-hydrogen) atoms. The summed E-state index contributed by atoms with van der Waals surface area (Å²) in [7, 11) is 1.65. The summed E-state index contributed by atoms with van der Waals surface area (Å²) in [6.07, 6.45) is 0. The van der Waals surface area contributed by atoms with Crippen LogP contribution in [0, 0.1) is 0 Å². The van der Waals surface area contributed by atoms with E-state index in [0.29, 0.717) is 18.7 Å². The second kappa shape index (κ2) is 9.19. The zero-order valence-electron chi connectivity index (χ0n) is 15.8. The first-order chi connectivity index (χ1) is 13.5. The van der Waals surface area contributed by atoms with Gasteiger partial charge in [0.15, 0.2) is 0 Å². The minimum Gasteiger partial charge on any atom is -0.497 e. The Labute approximate surface area is 168 Å². The number of carbonyl (C=O) groups is 2. The van der Waals surface area contributed by atoms with Crippen molar-refractivity contribution in [3.63, 3.8) is 0 Å². The van der Waals surface area contributed by atoms with Crippen molar-refractivity contribution < 1.29 is 14.3 Å². The van der Waals surface area contributed by atoms with Crippen molar-refractivity contribution in [2.75, 3.05) is 7.11 Å². The highest BCUT2D eigenvalue weighted by Crippen LogP contribution is 2.29. The van der Waals surface area contributed by atoms with Crippen LogP contribution in [0.1, 0.15) is 27.7 Å². The first kappa shape index (κ1) is 19.6. The van der Waals surface area contributed by atoms with Crippen LogP contribution in [-0.4, -0.2) is 18.9 Å². The largest absolute Gasteiger partial charge is 0.497 e. The van der Waals surface area contributed by atoms with E-state index in [1.807, 2.05) is 42.5 Å². The monoisotopic (exact) mass is 394 g/mol. The third-order valence-electron chi connectivity index (χ3n) is 4.22. The number of hydrogen-bond acceptors (Lipinski definition) is 4. The van der Waals surface area contributed by atoms with Gasteiger partial charge in [0, 0.05) is 28.8 Å². The van der Waals surface area contributed by atoms with Gasteiger partial charge in [0.1, 0.15) is 5.75 Å². The van der Waals surface area contributed by atoms with Gasteiger partial charge in [0.2, 0.25) is 5.91 Å². The van der Waals surface area contributed by atoms with Gasteiger partial charge in [-0.1, -0.05) is 12.1 Å². The Morgan fingerprint density at radius 1 is 0.893 bits per heavy atom. The van der Waals surface area contributed by atoms with E-state index in [2.05, 4.69) is 16.7 Å². The Balaban J connectivity index is 1.55. The lowest BCUT2D eigenvalue weighted by molar-refractivity contribution is -0.119. The molecule has 144 valence electrons. The Kier molecular flexibility index (Phi) is 6.45. The Morgan fingerprint density at radius 3 is 2.25 bits per heavy atom. The zero-order valence-corrected chi connectivity index (χ0v) is 16.6. The Bertz CT molecular complexity index is 947. The molecule has 0 aliphatic carbocycles. The fourth-order valence-electron chi connectivity index (χ4n) is 2.65. The van der Waals surface area contributed by atoms with Crippen LogP contribution in [0.25, 0.3) is 10.4 Å². The molecule has 0 bridgehead atoms.